The molecule has 0 saturated heterocycles. The Morgan fingerprint density at radius 2 is 2.04 bits per heavy atom. The molecule has 0 atom stereocenters. The standard InChI is InChI=1S/C18H18N4O3S2/c1-12-3-5-13(6-4-12)14-9-20-18(22(14)10-16(24)25-2)27-11-15(23)21-17-19-7-8-26-17/h3-9H,10-11H2,1-2H3,(H,19,21,23). The summed E-state index contributed by atoms with van der Waals surface area (Å²) in [5.41, 5.74) is 2.88. The molecule has 3 rings (SSSR count). The van der Waals surface area contributed by atoms with Gasteiger partial charge >= 0.3 is 5.97 Å². The highest BCUT2D eigenvalue weighted by molar-refractivity contribution is 7.99. The highest BCUT2D eigenvalue weighted by atomic mass is 32.2. The van der Waals surface area contributed by atoms with E-state index in [4.69, 9.17) is 4.74 Å². The van der Waals surface area contributed by atoms with Crippen molar-refractivity contribution in [3.63, 3.8) is 0 Å². The first kappa shape index (κ1) is 19.1. The second-order valence-electron chi connectivity index (χ2n) is 5.63. The molecule has 0 aliphatic rings. The lowest BCUT2D eigenvalue weighted by Crippen LogP contribution is -2.16. The van der Waals surface area contributed by atoms with E-state index in [1.807, 2.05) is 31.2 Å². The van der Waals surface area contributed by atoms with Crippen LogP contribution in [-0.4, -0.2) is 39.3 Å². The molecular weight excluding hydrogens is 384 g/mol. The Bertz CT molecular complexity index is 921. The van der Waals surface area contributed by atoms with Gasteiger partial charge in [0.2, 0.25) is 5.91 Å². The number of amides is 1. The Kier molecular flexibility index (Phi) is 6.25. The third-order valence-corrected chi connectivity index (χ3v) is 5.37. The third-order valence-electron chi connectivity index (χ3n) is 3.69. The van der Waals surface area contributed by atoms with Crippen LogP contribution >= 0.6 is 23.1 Å². The number of ether oxygens (including phenoxy) is 1. The summed E-state index contributed by atoms with van der Waals surface area (Å²) >= 11 is 2.61. The Morgan fingerprint density at radius 1 is 1.26 bits per heavy atom. The van der Waals surface area contributed by atoms with Crippen molar-refractivity contribution in [2.45, 2.75) is 18.6 Å². The van der Waals surface area contributed by atoms with E-state index in [9.17, 15) is 9.59 Å². The molecule has 7 nitrogen and oxygen atoms in total. The molecule has 0 unspecified atom stereocenters. The third kappa shape index (κ3) is 4.95. The highest BCUT2D eigenvalue weighted by Crippen LogP contribution is 2.27. The molecule has 1 amide bonds. The first-order valence-corrected chi connectivity index (χ1v) is 9.95. The van der Waals surface area contributed by atoms with Crippen LogP contribution in [0, 0.1) is 6.92 Å². The Labute approximate surface area is 164 Å². The number of carbonyl (C=O) groups is 2. The number of thiazole rings is 1. The van der Waals surface area contributed by atoms with Crippen molar-refractivity contribution < 1.29 is 14.3 Å². The lowest BCUT2D eigenvalue weighted by molar-refractivity contribution is -0.141. The van der Waals surface area contributed by atoms with Crippen molar-refractivity contribution in [2.24, 2.45) is 0 Å². The van der Waals surface area contributed by atoms with Crippen LogP contribution < -0.4 is 5.32 Å². The minimum Gasteiger partial charge on any atom is -0.468 e. The van der Waals surface area contributed by atoms with Gasteiger partial charge in [-0.3, -0.25) is 9.59 Å². The number of esters is 1. The summed E-state index contributed by atoms with van der Waals surface area (Å²) in [5, 5.41) is 5.65. The zero-order valence-corrected chi connectivity index (χ0v) is 16.5. The zero-order valence-electron chi connectivity index (χ0n) is 14.8. The van der Waals surface area contributed by atoms with Crippen molar-refractivity contribution in [1.29, 1.82) is 0 Å². The van der Waals surface area contributed by atoms with E-state index in [-0.39, 0.29) is 24.2 Å². The molecule has 0 saturated carbocycles. The average Bonchev–Trinajstić information content (AvgIpc) is 3.31. The number of anilines is 1. The number of hydrogen-bond acceptors (Lipinski definition) is 7. The van der Waals surface area contributed by atoms with E-state index >= 15 is 0 Å². The van der Waals surface area contributed by atoms with Gasteiger partial charge in [0.05, 0.1) is 24.8 Å². The van der Waals surface area contributed by atoms with Gasteiger partial charge in [0.25, 0.3) is 0 Å². The number of aryl methyl sites for hydroxylation is 1. The lowest BCUT2D eigenvalue weighted by atomic mass is 10.1. The van der Waals surface area contributed by atoms with Gasteiger partial charge in [0.15, 0.2) is 10.3 Å². The highest BCUT2D eigenvalue weighted by Gasteiger charge is 2.17. The second-order valence-corrected chi connectivity index (χ2v) is 7.47. The number of nitrogens with zero attached hydrogens (tertiary/aromatic N) is 3. The fraction of sp³-hybridized carbons (Fsp3) is 0.222. The van der Waals surface area contributed by atoms with Crippen LogP contribution in [0.4, 0.5) is 5.13 Å². The predicted octanol–water partition coefficient (Wildman–Crippen LogP) is 3.22. The minimum absolute atomic E-state index is 0.0240. The predicted molar refractivity (Wildman–Crippen MR) is 106 cm³/mol. The summed E-state index contributed by atoms with van der Waals surface area (Å²) in [5.74, 6) is -0.402. The molecular formula is C18H18N4O3S2. The number of carbonyl (C=O) groups excluding carboxylic acids is 2. The molecule has 2 aromatic heterocycles. The number of thioether (sulfide) groups is 1. The Hall–Kier alpha value is -2.65. The first-order chi connectivity index (χ1) is 13.1. The van der Waals surface area contributed by atoms with Gasteiger partial charge in [0, 0.05) is 11.6 Å². The normalized spacial score (nSPS) is 10.6. The SMILES string of the molecule is COC(=O)Cn1c(-c2ccc(C)cc2)cnc1SCC(=O)Nc1nccs1. The van der Waals surface area contributed by atoms with E-state index in [0.29, 0.717) is 10.3 Å². The second kappa shape index (κ2) is 8.83. The lowest BCUT2D eigenvalue weighted by Gasteiger charge is -2.11. The maximum atomic E-state index is 12.1. The number of hydrogen-bond donors (Lipinski definition) is 1. The van der Waals surface area contributed by atoms with Crippen LogP contribution in [0.5, 0.6) is 0 Å². The number of aromatic nitrogens is 3. The molecule has 3 aromatic rings. The van der Waals surface area contributed by atoms with Gasteiger partial charge in [-0.1, -0.05) is 41.6 Å². The molecule has 140 valence electrons. The summed E-state index contributed by atoms with van der Waals surface area (Å²) in [6.45, 7) is 2.04. The summed E-state index contributed by atoms with van der Waals surface area (Å²) in [7, 11) is 1.35. The van der Waals surface area contributed by atoms with Crippen LogP contribution in [0.2, 0.25) is 0 Å². The average molecular weight is 403 g/mol. The van der Waals surface area contributed by atoms with Crippen LogP contribution in [0.15, 0.2) is 47.2 Å². The molecule has 0 aliphatic heterocycles. The van der Waals surface area contributed by atoms with Gasteiger partial charge in [-0.2, -0.15) is 0 Å². The van der Waals surface area contributed by atoms with E-state index in [2.05, 4.69) is 15.3 Å². The van der Waals surface area contributed by atoms with Crippen molar-refractivity contribution >= 4 is 40.1 Å². The van der Waals surface area contributed by atoms with E-state index in [1.54, 1.807) is 22.3 Å². The molecule has 9 heteroatoms. The van der Waals surface area contributed by atoms with Gasteiger partial charge in [-0.05, 0) is 12.5 Å². The van der Waals surface area contributed by atoms with Crippen molar-refractivity contribution in [3.05, 3.63) is 47.6 Å². The number of methoxy groups -OCH3 is 1. The quantitative estimate of drug-likeness (QED) is 0.482. The molecule has 0 spiro atoms. The Balaban J connectivity index is 1.78. The summed E-state index contributed by atoms with van der Waals surface area (Å²) < 4.78 is 6.56. The van der Waals surface area contributed by atoms with Gasteiger partial charge in [-0.15, -0.1) is 11.3 Å². The number of benzene rings is 1. The van der Waals surface area contributed by atoms with Crippen molar-refractivity contribution in [1.82, 2.24) is 14.5 Å². The van der Waals surface area contributed by atoms with Crippen molar-refractivity contribution in [3.8, 4) is 11.3 Å². The van der Waals surface area contributed by atoms with Crippen LogP contribution in [-0.2, 0) is 20.9 Å². The number of rotatable bonds is 7. The minimum atomic E-state index is -0.379. The maximum absolute atomic E-state index is 12.1. The molecule has 2 heterocycles. The summed E-state index contributed by atoms with van der Waals surface area (Å²) in [4.78, 5) is 32.4. The smallest absolute Gasteiger partial charge is 0.325 e. The van der Waals surface area contributed by atoms with Gasteiger partial charge in [0.1, 0.15) is 6.54 Å². The monoisotopic (exact) mass is 402 g/mol. The molecule has 27 heavy (non-hydrogen) atoms. The molecule has 0 bridgehead atoms. The Morgan fingerprint density at radius 3 is 2.70 bits per heavy atom. The molecule has 1 N–H and O–H groups in total. The number of imidazole rings is 1. The van der Waals surface area contributed by atoms with Gasteiger partial charge in [-0.25, -0.2) is 9.97 Å². The summed E-state index contributed by atoms with van der Waals surface area (Å²) in [6, 6.07) is 7.95. The zero-order chi connectivity index (χ0) is 19.2. The molecule has 0 aliphatic carbocycles. The fourth-order valence-corrected chi connectivity index (χ4v) is 3.67. The summed E-state index contributed by atoms with van der Waals surface area (Å²) in [6.07, 6.45) is 3.33. The van der Waals surface area contributed by atoms with E-state index < -0.39 is 0 Å². The molecule has 0 fully saturated rings. The topological polar surface area (TPSA) is 86.1 Å². The maximum Gasteiger partial charge on any atom is 0.325 e. The molecule has 0 radical (unpaired) electrons. The van der Waals surface area contributed by atoms with Crippen LogP contribution in [0.1, 0.15) is 5.56 Å². The van der Waals surface area contributed by atoms with Crippen molar-refractivity contribution in [2.75, 3.05) is 18.2 Å². The molecule has 1 aromatic carbocycles. The number of nitrogens with one attached hydrogen (secondary N) is 1. The van der Waals surface area contributed by atoms with E-state index in [0.717, 1.165) is 16.8 Å². The van der Waals surface area contributed by atoms with Gasteiger partial charge < -0.3 is 14.6 Å². The largest absolute Gasteiger partial charge is 0.468 e. The van der Waals surface area contributed by atoms with Crippen LogP contribution in [0.25, 0.3) is 11.3 Å². The fourth-order valence-electron chi connectivity index (χ4n) is 2.35. The van der Waals surface area contributed by atoms with E-state index in [1.165, 1.54) is 30.2 Å². The first-order valence-electron chi connectivity index (χ1n) is 8.08. The van der Waals surface area contributed by atoms with Crippen LogP contribution in [0.3, 0.4) is 0 Å².